The Morgan fingerprint density at radius 2 is 1.58 bits per heavy atom. The number of phosphoric ester groups is 1. The number of esters is 1. The van der Waals surface area contributed by atoms with Crippen molar-refractivity contribution in [1.29, 1.82) is 0 Å². The van der Waals surface area contributed by atoms with Crippen LogP contribution in [0.5, 0.6) is 5.75 Å². The molecule has 3 saturated heterocycles. The summed E-state index contributed by atoms with van der Waals surface area (Å²) in [4.78, 5) is 64.6. The number of hydrogen-bond donors (Lipinski definition) is 3. The van der Waals surface area contributed by atoms with E-state index >= 15 is 8.78 Å². The van der Waals surface area contributed by atoms with Crippen LogP contribution in [0, 0.1) is 6.92 Å². The van der Waals surface area contributed by atoms with Gasteiger partial charge >= 0.3 is 18.5 Å². The minimum absolute atomic E-state index is 0. The molecule has 2 aromatic carbocycles. The molecule has 7 N–H and O–H groups in total. The van der Waals surface area contributed by atoms with Gasteiger partial charge in [-0.05, 0) is 48.1 Å². The summed E-state index contributed by atoms with van der Waals surface area (Å²) in [5, 5.41) is 0. The zero-order valence-electron chi connectivity index (χ0n) is 31.3. The highest BCUT2D eigenvalue weighted by molar-refractivity contribution is 8.54. The Balaban J connectivity index is 0.00000544. The third kappa shape index (κ3) is 8.99. The first-order valence-electron chi connectivity index (χ1n) is 17.6. The second kappa shape index (κ2) is 17.3. The van der Waals surface area contributed by atoms with Gasteiger partial charge in [0.2, 0.25) is 0 Å². The molecule has 3 aromatic heterocycles. The van der Waals surface area contributed by atoms with Crippen molar-refractivity contribution >= 4 is 49.0 Å². The van der Waals surface area contributed by atoms with E-state index in [1.54, 1.807) is 36.4 Å². The number of alkyl halides is 2. The smallest absolute Gasteiger partial charge is 0.390 e. The number of aromatic nitrogens is 6. The lowest BCUT2D eigenvalue weighted by Crippen LogP contribution is -2.38. The summed E-state index contributed by atoms with van der Waals surface area (Å²) in [6.45, 7) is -4.76. The van der Waals surface area contributed by atoms with Gasteiger partial charge in [0.15, 0.2) is 36.3 Å². The Kier molecular flexibility index (Phi) is 12.5. The van der Waals surface area contributed by atoms with Crippen LogP contribution in [0.1, 0.15) is 33.9 Å². The molecule has 1 unspecified atom stereocenters. The van der Waals surface area contributed by atoms with Gasteiger partial charge in [-0.15, -0.1) is 0 Å². The highest BCUT2D eigenvalue weighted by Crippen LogP contribution is 2.65. The number of rotatable bonds is 7. The van der Waals surface area contributed by atoms with Gasteiger partial charge in [-0.2, -0.15) is 0 Å². The quantitative estimate of drug-likeness (QED) is 0.119. The van der Waals surface area contributed by atoms with Crippen LogP contribution in [-0.4, -0.2) is 85.0 Å². The normalized spacial score (nSPS) is 30.7. The van der Waals surface area contributed by atoms with E-state index in [0.29, 0.717) is 22.5 Å². The third-order valence-electron chi connectivity index (χ3n) is 9.42. The van der Waals surface area contributed by atoms with Crippen molar-refractivity contribution in [3.05, 3.63) is 111 Å². The predicted molar refractivity (Wildman–Crippen MR) is 205 cm³/mol. The molecule has 21 nitrogen and oxygen atoms in total. The number of imidazole rings is 1. The van der Waals surface area contributed by atoms with E-state index in [1.807, 2.05) is 11.9 Å². The number of aryl methyl sites for hydroxylation is 1. The number of aromatic amines is 1. The minimum Gasteiger partial charge on any atom is -0.756 e. The zero-order valence-corrected chi connectivity index (χ0v) is 34.0. The Labute approximate surface area is 341 Å². The Morgan fingerprint density at radius 1 is 0.933 bits per heavy atom. The van der Waals surface area contributed by atoms with E-state index in [1.165, 1.54) is 12.1 Å². The van der Waals surface area contributed by atoms with Crippen LogP contribution in [0.15, 0.2) is 83.0 Å². The second-order valence-corrected chi connectivity index (χ2v) is 18.8. The Bertz CT molecular complexity index is 2590. The molecule has 0 radical (unpaired) electrons. The number of ether oxygens (including phenoxy) is 3. The maximum Gasteiger partial charge on any atom is 0.390 e. The summed E-state index contributed by atoms with van der Waals surface area (Å²) >= 11 is 0.558. The van der Waals surface area contributed by atoms with E-state index in [9.17, 15) is 28.4 Å². The molecule has 6 heterocycles. The molecular weight excluding hydrogens is 860 g/mol. The van der Waals surface area contributed by atoms with Gasteiger partial charge in [-0.25, -0.2) is 37.9 Å². The summed E-state index contributed by atoms with van der Waals surface area (Å²) in [5.74, 6) is -0.564. The monoisotopic (exact) mass is 896 g/mol. The highest BCUT2D eigenvalue weighted by atomic mass is 32.7. The average Bonchev–Trinajstić information content (AvgIpc) is 3.86. The second-order valence-electron chi connectivity index (χ2n) is 13.4. The molecule has 0 amide bonds. The molecule has 10 atom stereocenters. The van der Waals surface area contributed by atoms with Crippen LogP contribution in [0.2, 0.25) is 0 Å². The molecule has 26 heteroatoms. The zero-order chi connectivity index (χ0) is 41.6. The number of H-pyrrole nitrogens is 1. The summed E-state index contributed by atoms with van der Waals surface area (Å²) < 4.78 is 101. The SMILES string of the molecule is Cc1ccc(C(=O)Oc2ccc(CS[P@@]3(=O)OC[C@H]4O[C@@H](n5cnc6c(N)ncnc65)[C@H](OP(=O)([O-])OC[C@H]5O[C@@H](n6ccc(=O)[nH]c6=O)[C@H](O3)[C@@H]5F)[C@@H]4F)cc2)cc1.[NH4+]. The topological polar surface area (TPSA) is 300 Å². The molecule has 3 fully saturated rings. The van der Waals surface area contributed by atoms with Crippen LogP contribution in [0.25, 0.3) is 11.2 Å². The summed E-state index contributed by atoms with van der Waals surface area (Å²) in [6.07, 6.45) is -12.2. The lowest BCUT2D eigenvalue weighted by molar-refractivity contribution is -0.236. The van der Waals surface area contributed by atoms with Crippen molar-refractivity contribution in [2.24, 2.45) is 0 Å². The summed E-state index contributed by atoms with van der Waals surface area (Å²) in [5.41, 5.74) is 5.95. The van der Waals surface area contributed by atoms with E-state index in [4.69, 9.17) is 38.0 Å². The van der Waals surface area contributed by atoms with Gasteiger partial charge in [0, 0.05) is 18.0 Å². The number of fused-ring (bicyclic) bond motifs is 5. The van der Waals surface area contributed by atoms with Gasteiger partial charge < -0.3 is 40.0 Å². The van der Waals surface area contributed by atoms with Crippen molar-refractivity contribution in [2.45, 2.75) is 61.9 Å². The number of phosphoric acid groups is 1. The predicted octanol–water partition coefficient (Wildman–Crippen LogP) is 3.66. The Hall–Kier alpha value is -4.71. The van der Waals surface area contributed by atoms with Crippen LogP contribution in [-0.2, 0) is 42.5 Å². The van der Waals surface area contributed by atoms with Gasteiger partial charge in [0.05, 0.1) is 25.1 Å². The van der Waals surface area contributed by atoms with Gasteiger partial charge in [0.1, 0.15) is 42.0 Å². The standard InChI is InChI=1S/C34H33F2N7O13P2S.H3N/c1-17-2-6-19(7-3-17)33(45)52-20-8-4-18(5-9-20)14-59-58(49)51-13-22-24(35)27(32(54-22)43-16-40-26-29(37)38-15-39-30(26)43)55-57(47,48)50-12-21-25(36)28(56-58)31(53-21)42-11-10-23(44)41-34(42)46;/h2-11,15-16,21-22,24-25,27-28,31-32H,12-14H2,1H3,(H,47,48)(H2,37,38,39)(H,41,44,46);1H3/t21-,22-,24-,25-,27-,28-,31-,32-,58+;/m1./s1. The molecule has 0 saturated carbocycles. The molecule has 320 valence electrons. The molecule has 8 rings (SSSR count). The first-order valence-corrected chi connectivity index (χ1v) is 22.2. The van der Waals surface area contributed by atoms with Crippen molar-refractivity contribution < 1.29 is 59.9 Å². The number of carbonyl (C=O) groups is 1. The minimum atomic E-state index is -5.51. The fourth-order valence-corrected chi connectivity index (χ4v) is 10.7. The van der Waals surface area contributed by atoms with E-state index in [-0.39, 0.29) is 34.6 Å². The Morgan fingerprint density at radius 3 is 2.27 bits per heavy atom. The fraction of sp³-hybridized carbons (Fsp3) is 0.353. The van der Waals surface area contributed by atoms with Gasteiger partial charge in [-0.1, -0.05) is 29.8 Å². The maximum atomic E-state index is 16.4. The van der Waals surface area contributed by atoms with Crippen molar-refractivity contribution in [3.63, 3.8) is 0 Å². The molecule has 5 aromatic rings. The molecular formula is C34H36F2N8O13P2S. The summed E-state index contributed by atoms with van der Waals surface area (Å²) in [6, 6.07) is 13.8. The maximum absolute atomic E-state index is 16.4. The molecule has 0 spiro atoms. The van der Waals surface area contributed by atoms with Crippen LogP contribution < -0.4 is 32.8 Å². The van der Waals surface area contributed by atoms with E-state index < -0.39 is 94.3 Å². The van der Waals surface area contributed by atoms with Crippen molar-refractivity contribution in [3.8, 4) is 5.75 Å². The highest BCUT2D eigenvalue weighted by Gasteiger charge is 2.54. The number of carbonyl (C=O) groups excluding carboxylic acids is 1. The van der Waals surface area contributed by atoms with Crippen molar-refractivity contribution in [2.75, 3.05) is 18.9 Å². The lowest BCUT2D eigenvalue weighted by Gasteiger charge is -2.30. The number of quaternary nitrogens is 1. The number of benzene rings is 2. The number of hydrogen-bond acceptors (Lipinski definition) is 18. The average molecular weight is 897 g/mol. The molecule has 3 aliphatic heterocycles. The number of nitrogens with zero attached hydrogens (tertiary/aromatic N) is 5. The molecule has 3 aliphatic rings. The number of nitrogen functional groups attached to an aromatic ring is 1. The number of halogens is 2. The first kappa shape index (κ1) is 43.4. The van der Waals surface area contributed by atoms with Crippen LogP contribution >= 0.6 is 26.0 Å². The van der Waals surface area contributed by atoms with Crippen molar-refractivity contribution in [1.82, 2.24) is 35.2 Å². The first-order chi connectivity index (χ1) is 28.2. The number of nitrogens with two attached hydrogens (primary N) is 1. The lowest BCUT2D eigenvalue weighted by atomic mass is 10.1. The molecule has 60 heavy (non-hydrogen) atoms. The van der Waals surface area contributed by atoms with Gasteiger partial charge in [0.25, 0.3) is 13.4 Å². The van der Waals surface area contributed by atoms with Gasteiger partial charge in [-0.3, -0.25) is 32.5 Å². The number of nitrogens with one attached hydrogen (secondary N) is 1. The molecule has 0 aliphatic carbocycles. The number of anilines is 1. The van der Waals surface area contributed by atoms with Crippen LogP contribution in [0.4, 0.5) is 14.6 Å². The third-order valence-corrected chi connectivity index (χ3v) is 14.0. The molecule has 4 bridgehead atoms. The van der Waals surface area contributed by atoms with E-state index in [2.05, 4.69) is 15.0 Å². The van der Waals surface area contributed by atoms with E-state index in [0.717, 1.165) is 39.6 Å². The van der Waals surface area contributed by atoms with Crippen LogP contribution in [0.3, 0.4) is 0 Å². The summed E-state index contributed by atoms with van der Waals surface area (Å²) in [7, 11) is -5.51. The fourth-order valence-electron chi connectivity index (χ4n) is 6.43. The largest absolute Gasteiger partial charge is 0.756 e.